The molecule has 2 amide bonds. The fourth-order valence-corrected chi connectivity index (χ4v) is 5.60. The number of ether oxygens (including phenoxy) is 1. The molecule has 0 bridgehead atoms. The van der Waals surface area contributed by atoms with Gasteiger partial charge in [-0.15, -0.1) is 0 Å². The zero-order valence-corrected chi connectivity index (χ0v) is 19.8. The molecule has 1 saturated heterocycles. The number of nitrogens with one attached hydrogen (secondary N) is 1. The standard InChI is InChI=1S/C28H32N2O5/c31-26(32)16-19-7-5-6-14-30(19)27(33)25(15-18-12-13-18)29-28(34)35-17-24-22-10-3-1-8-20(22)21-9-2-4-11-23(21)24/h1-4,8-11,18-19,24-25H,5-7,12-17H2,(H,29,34)(H,31,32)/t19-,25+/m1/s1. The van der Waals surface area contributed by atoms with Gasteiger partial charge in [-0.05, 0) is 53.9 Å². The summed E-state index contributed by atoms with van der Waals surface area (Å²) in [6.07, 6.45) is 4.45. The van der Waals surface area contributed by atoms with Crippen LogP contribution in [-0.2, 0) is 14.3 Å². The minimum absolute atomic E-state index is 0.0484. The maximum atomic E-state index is 13.4. The first-order valence-corrected chi connectivity index (χ1v) is 12.6. The lowest BCUT2D eigenvalue weighted by Crippen LogP contribution is -2.54. The molecule has 1 heterocycles. The van der Waals surface area contributed by atoms with Crippen LogP contribution >= 0.6 is 0 Å². The van der Waals surface area contributed by atoms with E-state index in [0.717, 1.165) is 47.9 Å². The summed E-state index contributed by atoms with van der Waals surface area (Å²) >= 11 is 0. The third-order valence-corrected chi connectivity index (χ3v) is 7.52. The van der Waals surface area contributed by atoms with Gasteiger partial charge in [0.1, 0.15) is 12.6 Å². The summed E-state index contributed by atoms with van der Waals surface area (Å²) in [5.74, 6) is -0.720. The van der Waals surface area contributed by atoms with Gasteiger partial charge < -0.3 is 20.1 Å². The zero-order valence-electron chi connectivity index (χ0n) is 19.8. The number of benzene rings is 2. The van der Waals surface area contributed by atoms with Crippen LogP contribution in [0.2, 0.25) is 0 Å². The van der Waals surface area contributed by atoms with Crippen molar-refractivity contribution in [3.8, 4) is 11.1 Å². The van der Waals surface area contributed by atoms with Crippen LogP contribution in [0.15, 0.2) is 48.5 Å². The minimum Gasteiger partial charge on any atom is -0.481 e. The summed E-state index contributed by atoms with van der Waals surface area (Å²) in [5.41, 5.74) is 4.59. The molecule has 1 aliphatic heterocycles. The third-order valence-electron chi connectivity index (χ3n) is 7.52. The Morgan fingerprint density at radius 1 is 0.971 bits per heavy atom. The van der Waals surface area contributed by atoms with E-state index in [1.165, 1.54) is 0 Å². The van der Waals surface area contributed by atoms with Crippen molar-refractivity contribution >= 4 is 18.0 Å². The molecule has 0 unspecified atom stereocenters. The molecule has 0 radical (unpaired) electrons. The first-order chi connectivity index (χ1) is 17.0. The maximum Gasteiger partial charge on any atom is 0.407 e. The maximum absolute atomic E-state index is 13.4. The van der Waals surface area contributed by atoms with Crippen LogP contribution in [0.25, 0.3) is 11.1 Å². The number of carboxylic acid groups (broad SMARTS) is 1. The number of rotatable bonds is 8. The van der Waals surface area contributed by atoms with Crippen molar-refractivity contribution in [1.82, 2.24) is 10.2 Å². The number of nitrogens with zero attached hydrogens (tertiary/aromatic N) is 1. The Kier molecular flexibility index (Phi) is 6.75. The van der Waals surface area contributed by atoms with Crippen LogP contribution in [-0.4, -0.2) is 53.2 Å². The molecule has 0 spiro atoms. The number of alkyl carbamates (subject to hydrolysis) is 1. The number of carboxylic acids is 1. The number of likely N-dealkylation sites (tertiary alicyclic amines) is 1. The summed E-state index contributed by atoms with van der Waals surface area (Å²) in [4.78, 5) is 39.3. The summed E-state index contributed by atoms with van der Waals surface area (Å²) < 4.78 is 5.69. The fourth-order valence-electron chi connectivity index (χ4n) is 5.60. The first-order valence-electron chi connectivity index (χ1n) is 12.6. The number of amides is 2. The smallest absolute Gasteiger partial charge is 0.407 e. The van der Waals surface area contributed by atoms with Gasteiger partial charge in [-0.2, -0.15) is 0 Å². The Labute approximate surface area is 205 Å². The number of carbonyl (C=O) groups is 3. The molecule has 0 aromatic heterocycles. The highest BCUT2D eigenvalue weighted by Gasteiger charge is 2.37. The van der Waals surface area contributed by atoms with E-state index in [-0.39, 0.29) is 30.9 Å². The molecule has 2 aromatic carbocycles. The molecule has 1 saturated carbocycles. The first kappa shape index (κ1) is 23.4. The van der Waals surface area contributed by atoms with Gasteiger partial charge in [0.2, 0.25) is 5.91 Å². The second kappa shape index (κ2) is 10.1. The van der Waals surface area contributed by atoms with Crippen molar-refractivity contribution in [1.29, 1.82) is 0 Å². The number of fused-ring (bicyclic) bond motifs is 3. The SMILES string of the molecule is O=C(O)C[C@H]1CCCCN1C(=O)[C@H](CC1CC1)NC(=O)OCC1c2ccccc2-c2ccccc21. The minimum atomic E-state index is -0.905. The average Bonchev–Trinajstić information content (AvgIpc) is 3.62. The monoisotopic (exact) mass is 476 g/mol. The summed E-state index contributed by atoms with van der Waals surface area (Å²) in [6.45, 7) is 0.722. The molecule has 7 nitrogen and oxygen atoms in total. The Hall–Kier alpha value is -3.35. The Balaban J connectivity index is 1.26. The number of piperidine rings is 1. The highest BCUT2D eigenvalue weighted by Crippen LogP contribution is 2.44. The predicted molar refractivity (Wildman–Crippen MR) is 131 cm³/mol. The van der Waals surface area contributed by atoms with Crippen LogP contribution in [0.1, 0.15) is 62.0 Å². The van der Waals surface area contributed by atoms with Gasteiger partial charge in [-0.25, -0.2) is 4.79 Å². The van der Waals surface area contributed by atoms with E-state index in [4.69, 9.17) is 4.74 Å². The second-order valence-corrected chi connectivity index (χ2v) is 9.98. The summed E-state index contributed by atoms with van der Waals surface area (Å²) in [6, 6.07) is 15.3. The lowest BCUT2D eigenvalue weighted by Gasteiger charge is -2.37. The van der Waals surface area contributed by atoms with Gasteiger partial charge in [0.05, 0.1) is 6.42 Å². The molecule has 2 fully saturated rings. The molecule has 2 aromatic rings. The number of carbonyl (C=O) groups excluding carboxylic acids is 2. The molecular weight excluding hydrogens is 444 g/mol. The van der Waals surface area contributed by atoms with E-state index in [1.54, 1.807) is 4.90 Å². The molecular formula is C28H32N2O5. The van der Waals surface area contributed by atoms with Gasteiger partial charge in [-0.3, -0.25) is 9.59 Å². The molecule has 2 atom stereocenters. The quantitative estimate of drug-likeness (QED) is 0.583. The van der Waals surface area contributed by atoms with Gasteiger partial charge in [0.25, 0.3) is 0 Å². The van der Waals surface area contributed by atoms with Crippen LogP contribution in [0.4, 0.5) is 4.79 Å². The third kappa shape index (κ3) is 5.19. The molecule has 3 aliphatic rings. The van der Waals surface area contributed by atoms with Crippen molar-refractivity contribution in [3.05, 3.63) is 59.7 Å². The van der Waals surface area contributed by atoms with Crippen LogP contribution in [0, 0.1) is 5.92 Å². The Bertz CT molecular complexity index is 1070. The van der Waals surface area contributed by atoms with Crippen molar-refractivity contribution in [3.63, 3.8) is 0 Å². The van der Waals surface area contributed by atoms with Crippen molar-refractivity contribution in [2.24, 2.45) is 5.92 Å². The fraction of sp³-hybridized carbons (Fsp3) is 0.464. The molecule has 2 aliphatic carbocycles. The molecule has 5 rings (SSSR count). The van der Waals surface area contributed by atoms with Crippen LogP contribution in [0.5, 0.6) is 0 Å². The highest BCUT2D eigenvalue weighted by molar-refractivity contribution is 5.86. The van der Waals surface area contributed by atoms with Crippen LogP contribution < -0.4 is 5.32 Å². The topological polar surface area (TPSA) is 95.9 Å². The van der Waals surface area contributed by atoms with Crippen LogP contribution in [0.3, 0.4) is 0 Å². The van der Waals surface area contributed by atoms with E-state index in [9.17, 15) is 19.5 Å². The van der Waals surface area contributed by atoms with E-state index in [2.05, 4.69) is 29.6 Å². The van der Waals surface area contributed by atoms with Gasteiger partial charge in [-0.1, -0.05) is 61.4 Å². The largest absolute Gasteiger partial charge is 0.481 e. The number of aliphatic carboxylic acids is 1. The number of hydrogen-bond acceptors (Lipinski definition) is 4. The van der Waals surface area contributed by atoms with E-state index >= 15 is 0 Å². The van der Waals surface area contributed by atoms with E-state index in [1.807, 2.05) is 24.3 Å². The number of hydrogen-bond donors (Lipinski definition) is 2. The summed E-state index contributed by atoms with van der Waals surface area (Å²) in [7, 11) is 0. The Morgan fingerprint density at radius 3 is 2.26 bits per heavy atom. The van der Waals surface area contributed by atoms with Crippen molar-refractivity contribution < 1.29 is 24.2 Å². The predicted octanol–water partition coefficient (Wildman–Crippen LogP) is 4.55. The molecule has 35 heavy (non-hydrogen) atoms. The molecule has 7 heteroatoms. The van der Waals surface area contributed by atoms with Gasteiger partial charge in [0, 0.05) is 18.5 Å². The van der Waals surface area contributed by atoms with Crippen molar-refractivity contribution in [2.75, 3.05) is 13.2 Å². The van der Waals surface area contributed by atoms with E-state index < -0.39 is 18.1 Å². The molecule has 184 valence electrons. The molecule has 2 N–H and O–H groups in total. The van der Waals surface area contributed by atoms with Gasteiger partial charge >= 0.3 is 12.1 Å². The normalized spacial score (nSPS) is 20.0. The zero-order chi connectivity index (χ0) is 24.4. The van der Waals surface area contributed by atoms with Gasteiger partial charge in [0.15, 0.2) is 0 Å². The summed E-state index contributed by atoms with van der Waals surface area (Å²) in [5, 5.41) is 12.1. The second-order valence-electron chi connectivity index (χ2n) is 9.98. The highest BCUT2D eigenvalue weighted by atomic mass is 16.5. The van der Waals surface area contributed by atoms with E-state index in [0.29, 0.717) is 25.3 Å². The lowest BCUT2D eigenvalue weighted by atomic mass is 9.97. The lowest BCUT2D eigenvalue weighted by molar-refractivity contribution is -0.143. The van der Waals surface area contributed by atoms with Crippen molar-refractivity contribution in [2.45, 2.75) is 62.9 Å². The average molecular weight is 477 g/mol. The Morgan fingerprint density at radius 2 is 1.63 bits per heavy atom.